The maximum Gasteiger partial charge on any atom is 0.407 e. The monoisotopic (exact) mass is 468 g/mol. The van der Waals surface area contributed by atoms with Crippen LogP contribution in [0.15, 0.2) is 30.9 Å². The van der Waals surface area contributed by atoms with Gasteiger partial charge in [-0.25, -0.2) is 14.3 Å². The van der Waals surface area contributed by atoms with Crippen molar-refractivity contribution in [3.8, 4) is 17.1 Å². The first-order valence-corrected chi connectivity index (χ1v) is 12.0. The van der Waals surface area contributed by atoms with E-state index in [-0.39, 0.29) is 24.3 Å². The number of nitrogens with zero attached hydrogens (tertiary/aromatic N) is 5. The minimum Gasteiger partial charge on any atom is -0.473 e. The summed E-state index contributed by atoms with van der Waals surface area (Å²) in [5.41, 5.74) is 1.94. The summed E-state index contributed by atoms with van der Waals surface area (Å²) in [6.45, 7) is 7.03. The van der Waals surface area contributed by atoms with Gasteiger partial charge in [0.1, 0.15) is 17.2 Å². The lowest BCUT2D eigenvalue weighted by atomic mass is 9.93. The van der Waals surface area contributed by atoms with Crippen LogP contribution < -0.4 is 10.1 Å². The van der Waals surface area contributed by atoms with Gasteiger partial charge >= 0.3 is 6.09 Å². The lowest BCUT2D eigenvalue weighted by Crippen LogP contribution is -2.43. The molecule has 1 N–H and O–H groups in total. The lowest BCUT2D eigenvalue weighted by molar-refractivity contribution is 0.0462. The average molecular weight is 469 g/mol. The third-order valence-electron chi connectivity index (χ3n) is 6.16. The second-order valence-electron chi connectivity index (χ2n) is 10.1. The number of hydrogen-bond donors (Lipinski definition) is 1. The van der Waals surface area contributed by atoms with Gasteiger partial charge in [0.05, 0.1) is 36.9 Å². The number of alkyl carbamates (subject to hydrolysis) is 1. The molecule has 0 radical (unpaired) electrons. The Morgan fingerprint density at radius 3 is 2.88 bits per heavy atom. The van der Waals surface area contributed by atoms with E-state index in [1.807, 2.05) is 50.1 Å². The van der Waals surface area contributed by atoms with E-state index in [1.165, 1.54) is 0 Å². The molecule has 3 aromatic rings. The van der Waals surface area contributed by atoms with Crippen LogP contribution in [0.3, 0.4) is 0 Å². The Balaban J connectivity index is 1.31. The molecular weight excluding hydrogens is 436 g/mol. The van der Waals surface area contributed by atoms with Crippen molar-refractivity contribution < 1.29 is 19.0 Å². The third-order valence-corrected chi connectivity index (χ3v) is 6.16. The van der Waals surface area contributed by atoms with Crippen molar-refractivity contribution in [1.82, 2.24) is 29.7 Å². The van der Waals surface area contributed by atoms with Crippen molar-refractivity contribution in [2.75, 3.05) is 13.2 Å². The number of nitrogens with one attached hydrogen (secondary N) is 1. The smallest absolute Gasteiger partial charge is 0.407 e. The quantitative estimate of drug-likeness (QED) is 0.608. The molecule has 5 rings (SSSR count). The zero-order chi connectivity index (χ0) is 23.7. The fourth-order valence-electron chi connectivity index (χ4n) is 4.54. The number of fused-ring (bicyclic) bond motifs is 1. The van der Waals surface area contributed by atoms with Crippen LogP contribution in [-0.2, 0) is 9.47 Å². The fourth-order valence-corrected chi connectivity index (χ4v) is 4.54. The molecule has 10 nitrogen and oxygen atoms in total. The first-order chi connectivity index (χ1) is 16.3. The predicted octanol–water partition coefficient (Wildman–Crippen LogP) is 3.77. The number of aromatic nitrogens is 5. The van der Waals surface area contributed by atoms with E-state index in [1.54, 1.807) is 10.7 Å². The molecule has 182 valence electrons. The van der Waals surface area contributed by atoms with Crippen LogP contribution in [0.1, 0.15) is 58.9 Å². The Kier molecular flexibility index (Phi) is 6.16. The molecule has 1 aliphatic carbocycles. The van der Waals surface area contributed by atoms with E-state index in [0.29, 0.717) is 18.9 Å². The van der Waals surface area contributed by atoms with Crippen LogP contribution in [0.5, 0.6) is 5.88 Å². The Labute approximate surface area is 198 Å². The van der Waals surface area contributed by atoms with E-state index in [0.717, 1.165) is 49.1 Å². The summed E-state index contributed by atoms with van der Waals surface area (Å²) < 4.78 is 21.0. The van der Waals surface area contributed by atoms with Gasteiger partial charge in [-0.1, -0.05) is 0 Å². The summed E-state index contributed by atoms with van der Waals surface area (Å²) in [6, 6.07) is 2.16. The van der Waals surface area contributed by atoms with Crippen molar-refractivity contribution in [2.24, 2.45) is 0 Å². The summed E-state index contributed by atoms with van der Waals surface area (Å²) in [5.74, 6) is 0.537. The predicted molar refractivity (Wildman–Crippen MR) is 125 cm³/mol. The van der Waals surface area contributed by atoms with Crippen LogP contribution >= 0.6 is 0 Å². The molecule has 1 saturated heterocycles. The van der Waals surface area contributed by atoms with Crippen LogP contribution in [0, 0.1) is 0 Å². The van der Waals surface area contributed by atoms with Crippen LogP contribution in [0.25, 0.3) is 16.8 Å². The number of ether oxygens (including phenoxy) is 3. The van der Waals surface area contributed by atoms with Gasteiger partial charge in [-0.3, -0.25) is 4.68 Å². The van der Waals surface area contributed by atoms with E-state index in [4.69, 9.17) is 19.2 Å². The average Bonchev–Trinajstić information content (AvgIpc) is 3.52. The van der Waals surface area contributed by atoms with E-state index < -0.39 is 5.60 Å². The number of hydrogen-bond acceptors (Lipinski definition) is 7. The van der Waals surface area contributed by atoms with Gasteiger partial charge in [-0.15, -0.1) is 0 Å². The normalized spacial score (nSPS) is 23.2. The molecule has 1 aliphatic heterocycles. The molecule has 0 bridgehead atoms. The topological polar surface area (TPSA) is 105 Å². The molecule has 1 saturated carbocycles. The molecule has 2 aliphatic rings. The van der Waals surface area contributed by atoms with Crippen molar-refractivity contribution in [3.63, 3.8) is 0 Å². The van der Waals surface area contributed by atoms with Crippen molar-refractivity contribution in [3.05, 3.63) is 30.9 Å². The maximum absolute atomic E-state index is 12.2. The zero-order valence-electron chi connectivity index (χ0n) is 19.9. The number of rotatable bonds is 5. The molecule has 3 aromatic heterocycles. The van der Waals surface area contributed by atoms with Crippen molar-refractivity contribution in [2.45, 2.75) is 76.7 Å². The fraction of sp³-hybridized carbons (Fsp3) is 0.583. The molecule has 0 aromatic carbocycles. The second kappa shape index (κ2) is 9.25. The summed E-state index contributed by atoms with van der Waals surface area (Å²) in [7, 11) is 0. The summed E-state index contributed by atoms with van der Waals surface area (Å²) in [6.07, 6.45) is 11.4. The van der Waals surface area contributed by atoms with Crippen LogP contribution in [0.2, 0.25) is 0 Å². The van der Waals surface area contributed by atoms with Gasteiger partial charge in [0.25, 0.3) is 0 Å². The Hall–Kier alpha value is -3.14. The van der Waals surface area contributed by atoms with E-state index >= 15 is 0 Å². The van der Waals surface area contributed by atoms with Crippen LogP contribution in [0.4, 0.5) is 4.79 Å². The first kappa shape index (κ1) is 22.6. The van der Waals surface area contributed by atoms with E-state index in [9.17, 15) is 4.79 Å². The number of amides is 1. The lowest BCUT2D eigenvalue weighted by Gasteiger charge is -2.30. The van der Waals surface area contributed by atoms with E-state index in [2.05, 4.69) is 15.5 Å². The third kappa shape index (κ3) is 5.16. The van der Waals surface area contributed by atoms with Gasteiger partial charge in [0, 0.05) is 30.8 Å². The highest BCUT2D eigenvalue weighted by molar-refractivity contribution is 5.68. The maximum atomic E-state index is 12.2. The summed E-state index contributed by atoms with van der Waals surface area (Å²) in [4.78, 5) is 17.0. The van der Waals surface area contributed by atoms with Gasteiger partial charge in [0.2, 0.25) is 5.88 Å². The molecule has 1 unspecified atom stereocenters. The molecule has 10 heteroatoms. The first-order valence-electron chi connectivity index (χ1n) is 12.0. The molecule has 4 heterocycles. The molecular formula is C24H32N6O4. The Morgan fingerprint density at radius 2 is 2.09 bits per heavy atom. The van der Waals surface area contributed by atoms with Crippen LogP contribution in [-0.4, -0.2) is 61.4 Å². The minimum absolute atomic E-state index is 0.00424. The summed E-state index contributed by atoms with van der Waals surface area (Å²) >= 11 is 0. The molecule has 1 amide bonds. The van der Waals surface area contributed by atoms with Gasteiger partial charge < -0.3 is 19.5 Å². The SMILES string of the molecule is CC(C)(C)OC(=O)N[C@H]1CCC[C@@H](Oc2nc(-c3cnn(C4CCOC4)c3)cn3nccc23)C1. The van der Waals surface area contributed by atoms with Gasteiger partial charge in [-0.2, -0.15) is 10.2 Å². The number of carbonyl (C=O) groups is 1. The molecule has 2 fully saturated rings. The zero-order valence-corrected chi connectivity index (χ0v) is 19.9. The molecule has 34 heavy (non-hydrogen) atoms. The largest absolute Gasteiger partial charge is 0.473 e. The highest BCUT2D eigenvalue weighted by Crippen LogP contribution is 2.29. The Bertz CT molecular complexity index is 1140. The van der Waals surface area contributed by atoms with Crippen molar-refractivity contribution in [1.29, 1.82) is 0 Å². The second-order valence-corrected chi connectivity index (χ2v) is 10.1. The standard InChI is InChI=1S/C24H32N6O4/c1-24(2,3)34-23(31)27-17-5-4-6-19(11-17)33-22-21-7-9-25-30(21)14-20(28-22)16-12-26-29(13-16)18-8-10-32-15-18/h7,9,12-14,17-19H,4-6,8,10-11,15H2,1-3H3,(H,27,31)/t17-,18?,19+/m0/s1. The Morgan fingerprint density at radius 1 is 1.21 bits per heavy atom. The number of carbonyl (C=O) groups excluding carboxylic acids is 1. The highest BCUT2D eigenvalue weighted by atomic mass is 16.6. The summed E-state index contributed by atoms with van der Waals surface area (Å²) in [5, 5.41) is 11.9. The molecule has 0 spiro atoms. The molecule has 3 atom stereocenters. The van der Waals surface area contributed by atoms with Gasteiger partial charge in [-0.05, 0) is 52.5 Å². The van der Waals surface area contributed by atoms with Crippen molar-refractivity contribution >= 4 is 11.6 Å². The highest BCUT2D eigenvalue weighted by Gasteiger charge is 2.28. The minimum atomic E-state index is -0.523. The van der Waals surface area contributed by atoms with Gasteiger partial charge in [0.15, 0.2) is 0 Å².